The van der Waals surface area contributed by atoms with Crippen LogP contribution in [0.25, 0.3) is 6.08 Å². The second kappa shape index (κ2) is 7.16. The van der Waals surface area contributed by atoms with Crippen LogP contribution in [0, 0.1) is 5.92 Å². The third-order valence-electron chi connectivity index (χ3n) is 1.84. The third kappa shape index (κ3) is 5.46. The quantitative estimate of drug-likeness (QED) is 0.733. The second-order valence-corrected chi connectivity index (χ2v) is 7.44. The Bertz CT molecular complexity index is 304. The van der Waals surface area contributed by atoms with Crippen LogP contribution in [0.5, 0.6) is 0 Å². The molecule has 0 N–H and O–H groups in total. The number of hydrogen-bond donors (Lipinski definition) is 0. The van der Waals surface area contributed by atoms with Crippen LogP contribution in [0.4, 0.5) is 0 Å². The van der Waals surface area contributed by atoms with Gasteiger partial charge in [-0.25, -0.2) is 0 Å². The molecule has 82 valence electrons. The molecule has 1 aromatic rings. The van der Waals surface area contributed by atoms with Gasteiger partial charge in [-0.1, -0.05) is 0 Å². The first kappa shape index (κ1) is 12.9. The summed E-state index contributed by atoms with van der Waals surface area (Å²) in [5.74, 6) is 0.816. The van der Waals surface area contributed by atoms with Crippen molar-refractivity contribution in [3.63, 3.8) is 0 Å². The molecule has 0 saturated heterocycles. The molecule has 0 fully saturated rings. The monoisotopic (exact) mass is 286 g/mol. The molecule has 0 aliphatic rings. The first-order chi connectivity index (χ1) is 7.22. The number of rotatable bonds is 5. The molecule has 1 aromatic carbocycles. The molecule has 0 amide bonds. The van der Waals surface area contributed by atoms with Gasteiger partial charge in [-0.15, -0.1) is 0 Å². The topological polar surface area (TPSA) is 0 Å². The Balaban J connectivity index is 2.62. The summed E-state index contributed by atoms with van der Waals surface area (Å²) in [5.41, 5.74) is 1.33. The standard InChI is InChI=1S/C13H18SSe/c1-11(2)10-15-13(14-3)9-12-7-5-4-6-8-12/h4-9,11H,10H2,1-3H3/b13-9-. The van der Waals surface area contributed by atoms with Crippen LogP contribution in [0.3, 0.4) is 0 Å². The Labute approximate surface area is 104 Å². The van der Waals surface area contributed by atoms with Crippen molar-refractivity contribution in [3.8, 4) is 0 Å². The van der Waals surface area contributed by atoms with Crippen molar-refractivity contribution >= 4 is 32.8 Å². The molecule has 15 heavy (non-hydrogen) atoms. The van der Waals surface area contributed by atoms with Crippen LogP contribution < -0.4 is 0 Å². The zero-order chi connectivity index (χ0) is 11.1. The van der Waals surface area contributed by atoms with Crippen molar-refractivity contribution in [2.45, 2.75) is 19.2 Å². The summed E-state index contributed by atoms with van der Waals surface area (Å²) in [5, 5.41) is 1.34. The van der Waals surface area contributed by atoms with Gasteiger partial charge in [0.2, 0.25) is 0 Å². The van der Waals surface area contributed by atoms with Crippen LogP contribution in [0.1, 0.15) is 19.4 Å². The van der Waals surface area contributed by atoms with Crippen LogP contribution in [-0.2, 0) is 0 Å². The molecule has 0 atom stereocenters. The van der Waals surface area contributed by atoms with Gasteiger partial charge in [0.15, 0.2) is 0 Å². The molecule has 0 aromatic heterocycles. The molecule has 1 rings (SSSR count). The molecule has 0 aliphatic carbocycles. The van der Waals surface area contributed by atoms with E-state index in [9.17, 15) is 0 Å². The zero-order valence-electron chi connectivity index (χ0n) is 9.57. The van der Waals surface area contributed by atoms with E-state index in [0.29, 0.717) is 15.0 Å². The predicted octanol–water partition coefficient (Wildman–Crippen LogP) is 4.13. The van der Waals surface area contributed by atoms with Gasteiger partial charge in [-0.2, -0.15) is 0 Å². The van der Waals surface area contributed by atoms with Crippen molar-refractivity contribution in [1.29, 1.82) is 0 Å². The van der Waals surface area contributed by atoms with Crippen molar-refractivity contribution in [3.05, 3.63) is 39.7 Å². The van der Waals surface area contributed by atoms with Gasteiger partial charge < -0.3 is 0 Å². The number of benzene rings is 1. The number of thioether (sulfide) groups is 1. The molecule has 0 radical (unpaired) electrons. The molecule has 0 unspecified atom stereocenters. The van der Waals surface area contributed by atoms with Crippen LogP contribution in [0.2, 0.25) is 5.32 Å². The fraction of sp³-hybridized carbons (Fsp3) is 0.385. The van der Waals surface area contributed by atoms with E-state index in [0.717, 1.165) is 5.92 Å². The van der Waals surface area contributed by atoms with Crippen molar-refractivity contribution in [2.24, 2.45) is 5.92 Å². The predicted molar refractivity (Wildman–Crippen MR) is 73.3 cm³/mol. The van der Waals surface area contributed by atoms with Crippen molar-refractivity contribution in [1.82, 2.24) is 0 Å². The van der Waals surface area contributed by atoms with Gasteiger partial charge in [0, 0.05) is 0 Å². The molecule has 0 bridgehead atoms. The van der Waals surface area contributed by atoms with Gasteiger partial charge in [0.05, 0.1) is 0 Å². The Morgan fingerprint density at radius 2 is 2.00 bits per heavy atom. The molecular weight excluding hydrogens is 267 g/mol. The second-order valence-electron chi connectivity index (χ2n) is 3.78. The van der Waals surface area contributed by atoms with Crippen LogP contribution in [0.15, 0.2) is 34.1 Å². The van der Waals surface area contributed by atoms with Gasteiger partial charge in [-0.3, -0.25) is 0 Å². The van der Waals surface area contributed by atoms with E-state index in [-0.39, 0.29) is 0 Å². The van der Waals surface area contributed by atoms with Crippen molar-refractivity contribution in [2.75, 3.05) is 6.26 Å². The summed E-state index contributed by atoms with van der Waals surface area (Å²) in [7, 11) is 0. The fourth-order valence-electron chi connectivity index (χ4n) is 1.09. The first-order valence-electron chi connectivity index (χ1n) is 5.16. The molecule has 0 aliphatic heterocycles. The van der Waals surface area contributed by atoms with Gasteiger partial charge >= 0.3 is 104 Å². The third-order valence-corrected chi connectivity index (χ3v) is 6.62. The maximum absolute atomic E-state index is 2.33. The van der Waals surface area contributed by atoms with E-state index in [1.807, 2.05) is 11.8 Å². The summed E-state index contributed by atoms with van der Waals surface area (Å²) in [6.45, 7) is 4.59. The van der Waals surface area contributed by atoms with Crippen LogP contribution in [-0.4, -0.2) is 21.2 Å². The fourth-order valence-corrected chi connectivity index (χ4v) is 4.07. The molecule has 0 saturated carbocycles. The average Bonchev–Trinajstić information content (AvgIpc) is 2.25. The van der Waals surface area contributed by atoms with E-state index in [1.54, 1.807) is 3.80 Å². The van der Waals surface area contributed by atoms with E-state index in [4.69, 9.17) is 0 Å². The Kier molecular flexibility index (Phi) is 6.16. The summed E-state index contributed by atoms with van der Waals surface area (Å²) < 4.78 is 1.54. The van der Waals surface area contributed by atoms with E-state index in [2.05, 4.69) is 56.5 Å². The van der Waals surface area contributed by atoms with E-state index >= 15 is 0 Å². The van der Waals surface area contributed by atoms with E-state index in [1.165, 1.54) is 10.9 Å². The Morgan fingerprint density at radius 3 is 2.53 bits per heavy atom. The molecule has 2 heteroatoms. The van der Waals surface area contributed by atoms with E-state index < -0.39 is 0 Å². The van der Waals surface area contributed by atoms with Gasteiger partial charge in [0.1, 0.15) is 0 Å². The normalized spacial score (nSPS) is 12.1. The average molecular weight is 285 g/mol. The molecule has 0 spiro atoms. The van der Waals surface area contributed by atoms with Gasteiger partial charge in [0.25, 0.3) is 0 Å². The Hall–Kier alpha value is -0.171. The minimum atomic E-state index is 0.642. The van der Waals surface area contributed by atoms with Crippen molar-refractivity contribution < 1.29 is 0 Å². The van der Waals surface area contributed by atoms with Gasteiger partial charge in [-0.05, 0) is 0 Å². The summed E-state index contributed by atoms with van der Waals surface area (Å²) >= 11 is 2.54. The van der Waals surface area contributed by atoms with Crippen LogP contribution >= 0.6 is 11.8 Å². The molecule has 0 nitrogen and oxygen atoms in total. The molecular formula is C13H18SSe. The molecule has 0 heterocycles. The summed E-state index contributed by atoms with van der Waals surface area (Å²) in [6.07, 6.45) is 4.50. The minimum absolute atomic E-state index is 0.642. The zero-order valence-corrected chi connectivity index (χ0v) is 12.1. The summed E-state index contributed by atoms with van der Waals surface area (Å²) in [4.78, 5) is 0. The maximum atomic E-state index is 2.33. The SMILES string of the molecule is CS/C(=C/c1ccccc1)[Se]CC(C)C. The Morgan fingerprint density at radius 1 is 1.33 bits per heavy atom. The number of hydrogen-bond acceptors (Lipinski definition) is 1. The summed E-state index contributed by atoms with van der Waals surface area (Å²) in [6, 6.07) is 10.6. The first-order valence-corrected chi connectivity index (χ1v) is 8.45.